The number of benzene rings is 2. The number of carbonyl (C=O) groups excluding carboxylic acids is 1. The number of hydrogen-bond acceptors (Lipinski definition) is 6. The number of amides is 1. The van der Waals surface area contributed by atoms with Crippen molar-refractivity contribution in [2.24, 2.45) is 0 Å². The molecule has 2 fully saturated rings. The van der Waals surface area contributed by atoms with Gasteiger partial charge >= 0.3 is 0 Å². The lowest BCUT2D eigenvalue weighted by Gasteiger charge is -2.38. The maximum absolute atomic E-state index is 13.3. The largest absolute Gasteiger partial charge is 0.388 e. The number of hydrogen-bond donors (Lipinski definition) is 2. The van der Waals surface area contributed by atoms with E-state index >= 15 is 0 Å². The molecule has 0 saturated carbocycles. The third-order valence-electron chi connectivity index (χ3n) is 7.65. The molecule has 2 aliphatic rings. The second kappa shape index (κ2) is 13.0. The molecule has 0 radical (unpaired) electrons. The van der Waals surface area contributed by atoms with Crippen LogP contribution in [0.2, 0.25) is 10.2 Å². The number of piperidine rings is 1. The molecule has 9 nitrogen and oxygen atoms in total. The molecule has 2 aromatic heterocycles. The highest BCUT2D eigenvalue weighted by Gasteiger charge is 2.35. The molecule has 4 aromatic rings. The molecule has 1 atom stereocenters. The van der Waals surface area contributed by atoms with Crippen LogP contribution in [0.4, 0.5) is 0 Å². The van der Waals surface area contributed by atoms with Crippen LogP contribution < -0.4 is 10.9 Å². The normalized spacial score (nSPS) is 18.4. The van der Waals surface area contributed by atoms with Gasteiger partial charge in [-0.25, -0.2) is 4.98 Å². The summed E-state index contributed by atoms with van der Waals surface area (Å²) >= 11 is 12.4. The van der Waals surface area contributed by atoms with E-state index in [1.54, 1.807) is 39.8 Å². The van der Waals surface area contributed by atoms with Gasteiger partial charge in [0.1, 0.15) is 11.5 Å². The molecular formula is C31H35Cl2N5O4. The number of fused-ring (bicyclic) bond motifs is 1. The highest BCUT2D eigenvalue weighted by molar-refractivity contribution is 6.31. The zero-order valence-electron chi connectivity index (χ0n) is 23.7. The van der Waals surface area contributed by atoms with E-state index in [-0.39, 0.29) is 18.0 Å². The highest BCUT2D eigenvalue weighted by Crippen LogP contribution is 2.27. The molecule has 0 aliphatic carbocycles. The van der Waals surface area contributed by atoms with Crippen molar-refractivity contribution in [3.05, 3.63) is 92.6 Å². The van der Waals surface area contributed by atoms with Gasteiger partial charge in [0.2, 0.25) is 0 Å². The van der Waals surface area contributed by atoms with Gasteiger partial charge in [0, 0.05) is 42.5 Å². The average molecular weight is 613 g/mol. The van der Waals surface area contributed by atoms with Crippen LogP contribution in [0.3, 0.4) is 0 Å². The van der Waals surface area contributed by atoms with Crippen molar-refractivity contribution in [3.8, 4) is 5.69 Å². The Morgan fingerprint density at radius 2 is 1.88 bits per heavy atom. The SMILES string of the molecule is CC1CNCCO1.Cc1cccc(-n2c(Cl)cc3c(=O)n(CC4(O)CCN(C(=O)c5ccc(Cl)cc5)CC4)cnc32)c1. The lowest BCUT2D eigenvalue weighted by atomic mass is 9.91. The van der Waals surface area contributed by atoms with E-state index in [2.05, 4.69) is 17.2 Å². The molecular weight excluding hydrogens is 577 g/mol. The quantitative estimate of drug-likeness (QED) is 0.353. The van der Waals surface area contributed by atoms with E-state index in [1.165, 1.54) is 10.9 Å². The van der Waals surface area contributed by atoms with Crippen molar-refractivity contribution < 1.29 is 14.6 Å². The van der Waals surface area contributed by atoms with Crippen LogP contribution in [0.5, 0.6) is 0 Å². The van der Waals surface area contributed by atoms with E-state index in [9.17, 15) is 14.7 Å². The van der Waals surface area contributed by atoms with Gasteiger partial charge in [-0.3, -0.25) is 18.7 Å². The third-order valence-corrected chi connectivity index (χ3v) is 8.18. The lowest BCUT2D eigenvalue weighted by Crippen LogP contribution is -2.49. The molecule has 1 unspecified atom stereocenters. The Bertz CT molecular complexity index is 1600. The summed E-state index contributed by atoms with van der Waals surface area (Å²) in [5.74, 6) is -0.101. The minimum atomic E-state index is -1.13. The number of halogens is 2. The Morgan fingerprint density at radius 3 is 2.50 bits per heavy atom. The fourth-order valence-electron chi connectivity index (χ4n) is 5.28. The number of rotatable bonds is 4. The first kappa shape index (κ1) is 30.3. The number of nitrogens with one attached hydrogen (secondary N) is 1. The molecule has 6 rings (SSSR count). The molecule has 42 heavy (non-hydrogen) atoms. The van der Waals surface area contributed by atoms with E-state index in [1.807, 2.05) is 31.2 Å². The Hall–Kier alpha value is -3.21. The first-order valence-corrected chi connectivity index (χ1v) is 14.8. The average Bonchev–Trinajstić information content (AvgIpc) is 3.32. The topological polar surface area (TPSA) is 102 Å². The number of aliphatic hydroxyl groups is 1. The van der Waals surface area contributed by atoms with Gasteiger partial charge in [0.25, 0.3) is 11.5 Å². The van der Waals surface area contributed by atoms with Gasteiger partial charge < -0.3 is 20.1 Å². The Balaban J connectivity index is 0.000000442. The highest BCUT2D eigenvalue weighted by atomic mass is 35.5. The summed E-state index contributed by atoms with van der Waals surface area (Å²) in [5, 5.41) is 15.8. The first-order valence-electron chi connectivity index (χ1n) is 14.1. The summed E-state index contributed by atoms with van der Waals surface area (Å²) in [4.78, 5) is 32.3. The van der Waals surface area contributed by atoms with E-state index in [0.29, 0.717) is 58.8 Å². The number of morpholine rings is 1. The van der Waals surface area contributed by atoms with Crippen LogP contribution >= 0.6 is 23.2 Å². The fraction of sp³-hybridized carbons (Fsp3) is 0.387. The number of carbonyl (C=O) groups is 1. The summed E-state index contributed by atoms with van der Waals surface area (Å²) in [7, 11) is 0. The monoisotopic (exact) mass is 611 g/mol. The fourth-order valence-corrected chi connectivity index (χ4v) is 5.70. The van der Waals surface area contributed by atoms with Crippen LogP contribution in [0.15, 0.2) is 65.7 Å². The van der Waals surface area contributed by atoms with Gasteiger partial charge in [-0.05, 0) is 74.7 Å². The van der Waals surface area contributed by atoms with Crippen LogP contribution in [-0.2, 0) is 11.3 Å². The molecule has 0 bridgehead atoms. The number of ether oxygens (including phenoxy) is 1. The van der Waals surface area contributed by atoms with Crippen molar-refractivity contribution in [2.45, 2.75) is 44.9 Å². The van der Waals surface area contributed by atoms with Gasteiger partial charge in [-0.2, -0.15) is 0 Å². The van der Waals surface area contributed by atoms with Crippen LogP contribution in [0.25, 0.3) is 16.7 Å². The standard InChI is InChI=1S/C26H24Cl2N4O3.C5H11NO/c1-17-3-2-4-20(13-17)32-22(28)14-21-23(32)29-16-31(25(21)34)15-26(35)9-11-30(12-10-26)24(33)18-5-7-19(27)8-6-18;1-5-4-6-2-3-7-5/h2-8,13-14,16,35H,9-12,15H2,1H3;5-6H,2-4H2,1H3. The maximum Gasteiger partial charge on any atom is 0.262 e. The first-order chi connectivity index (χ1) is 20.1. The molecule has 2 aromatic carbocycles. The molecule has 1 amide bonds. The van der Waals surface area contributed by atoms with Crippen LogP contribution in [-0.4, -0.2) is 74.5 Å². The van der Waals surface area contributed by atoms with E-state index in [4.69, 9.17) is 27.9 Å². The molecule has 222 valence electrons. The van der Waals surface area contributed by atoms with Crippen molar-refractivity contribution >= 4 is 40.1 Å². The van der Waals surface area contributed by atoms with Gasteiger partial charge in [0.05, 0.1) is 30.2 Å². The number of aryl methyl sites for hydroxylation is 1. The maximum atomic E-state index is 13.3. The number of nitrogens with zero attached hydrogens (tertiary/aromatic N) is 4. The molecule has 2 aliphatic heterocycles. The Labute approximate surface area is 254 Å². The van der Waals surface area contributed by atoms with Crippen molar-refractivity contribution in [1.82, 2.24) is 24.3 Å². The summed E-state index contributed by atoms with van der Waals surface area (Å²) in [6.45, 7) is 7.83. The smallest absolute Gasteiger partial charge is 0.262 e. The second-order valence-corrected chi connectivity index (χ2v) is 11.8. The Morgan fingerprint density at radius 1 is 1.14 bits per heavy atom. The molecule has 2 N–H and O–H groups in total. The zero-order chi connectivity index (χ0) is 29.9. The summed E-state index contributed by atoms with van der Waals surface area (Å²) in [6.07, 6.45) is 2.58. The van der Waals surface area contributed by atoms with Crippen molar-refractivity contribution in [2.75, 3.05) is 32.8 Å². The van der Waals surface area contributed by atoms with E-state index in [0.717, 1.165) is 30.9 Å². The number of aromatic nitrogens is 3. The minimum Gasteiger partial charge on any atom is -0.388 e. The zero-order valence-corrected chi connectivity index (χ0v) is 25.2. The lowest BCUT2D eigenvalue weighted by molar-refractivity contribution is -0.0299. The van der Waals surface area contributed by atoms with Gasteiger partial charge in [-0.1, -0.05) is 35.3 Å². The molecule has 11 heteroatoms. The number of likely N-dealkylation sites (tertiary alicyclic amines) is 1. The molecule has 0 spiro atoms. The van der Waals surface area contributed by atoms with Crippen molar-refractivity contribution in [1.29, 1.82) is 0 Å². The predicted molar refractivity (Wildman–Crippen MR) is 165 cm³/mol. The van der Waals surface area contributed by atoms with Crippen LogP contribution in [0, 0.1) is 6.92 Å². The molecule has 4 heterocycles. The van der Waals surface area contributed by atoms with Gasteiger partial charge in [-0.15, -0.1) is 0 Å². The van der Waals surface area contributed by atoms with Crippen LogP contribution in [0.1, 0.15) is 35.7 Å². The van der Waals surface area contributed by atoms with Crippen molar-refractivity contribution in [3.63, 3.8) is 0 Å². The minimum absolute atomic E-state index is 0.0883. The van der Waals surface area contributed by atoms with E-state index < -0.39 is 5.60 Å². The summed E-state index contributed by atoms with van der Waals surface area (Å²) in [6, 6.07) is 16.2. The van der Waals surface area contributed by atoms with Gasteiger partial charge in [0.15, 0.2) is 5.65 Å². The Kier molecular flexibility index (Phi) is 9.35. The second-order valence-electron chi connectivity index (χ2n) is 11.0. The summed E-state index contributed by atoms with van der Waals surface area (Å²) in [5.41, 5.74) is 1.52. The predicted octanol–water partition coefficient (Wildman–Crippen LogP) is 4.46. The summed E-state index contributed by atoms with van der Waals surface area (Å²) < 4.78 is 8.38. The molecule has 2 saturated heterocycles. The third kappa shape index (κ3) is 6.88.